The molecule has 3 aromatic rings. The van der Waals surface area contributed by atoms with E-state index in [0.29, 0.717) is 65.8 Å². The van der Waals surface area contributed by atoms with Crippen LogP contribution >= 0.6 is 0 Å². The van der Waals surface area contributed by atoms with Crippen molar-refractivity contribution in [3.8, 4) is 5.75 Å². The third kappa shape index (κ3) is 8.10. The van der Waals surface area contributed by atoms with Gasteiger partial charge in [-0.05, 0) is 94.5 Å². The highest BCUT2D eigenvalue weighted by molar-refractivity contribution is 6.01. The number of piperidine rings is 3. The number of H-pyrrole nitrogens is 1. The van der Waals surface area contributed by atoms with Crippen molar-refractivity contribution in [1.82, 2.24) is 20.2 Å². The van der Waals surface area contributed by atoms with Gasteiger partial charge in [0.25, 0.3) is 5.56 Å². The number of likely N-dealkylation sites (tertiary alicyclic amines) is 1. The van der Waals surface area contributed by atoms with Crippen LogP contribution in [0, 0.1) is 23.5 Å². The van der Waals surface area contributed by atoms with E-state index < -0.39 is 17.4 Å². The smallest absolute Gasteiger partial charge is 0.261 e. The molecule has 4 saturated heterocycles. The normalized spacial score (nSPS) is 21.8. The molecule has 7 rings (SSSR count). The van der Waals surface area contributed by atoms with Crippen molar-refractivity contribution >= 4 is 34.1 Å². The Morgan fingerprint density at radius 1 is 0.900 bits per heavy atom. The number of rotatable bonds is 10. The highest BCUT2D eigenvalue weighted by atomic mass is 19.1. The number of aromatic amines is 1. The maximum Gasteiger partial charge on any atom is 0.261 e. The zero-order valence-corrected chi connectivity index (χ0v) is 28.4. The van der Waals surface area contributed by atoms with E-state index >= 15 is 8.78 Å². The fraction of sp³-hybridized carbons (Fsp3) is 0.568. The maximum absolute atomic E-state index is 15.2. The molecule has 0 aliphatic carbocycles. The van der Waals surface area contributed by atoms with E-state index in [1.165, 1.54) is 12.1 Å². The van der Waals surface area contributed by atoms with Crippen LogP contribution in [0.4, 0.5) is 20.2 Å². The fourth-order valence-electron chi connectivity index (χ4n) is 7.88. The summed E-state index contributed by atoms with van der Waals surface area (Å²) in [5, 5.41) is 5.33. The molecule has 4 aliphatic heterocycles. The van der Waals surface area contributed by atoms with Gasteiger partial charge in [0.05, 0.1) is 17.8 Å². The van der Waals surface area contributed by atoms with Crippen LogP contribution in [0.15, 0.2) is 35.1 Å². The molecule has 4 aliphatic rings. The monoisotopic (exact) mass is 692 g/mol. The topological polar surface area (TPSA) is 129 Å². The average Bonchev–Trinajstić information content (AvgIpc) is 3.12. The van der Waals surface area contributed by atoms with Crippen molar-refractivity contribution in [2.45, 2.75) is 76.3 Å². The van der Waals surface area contributed by atoms with Crippen LogP contribution in [0.25, 0.3) is 10.9 Å². The van der Waals surface area contributed by atoms with Gasteiger partial charge in [0, 0.05) is 63.0 Å². The summed E-state index contributed by atoms with van der Waals surface area (Å²) in [5.74, 6) is 0.235. The molecular weight excluding hydrogens is 646 g/mol. The number of nitrogens with one attached hydrogen (secondary N) is 3. The average molecular weight is 693 g/mol. The van der Waals surface area contributed by atoms with Crippen molar-refractivity contribution in [3.63, 3.8) is 0 Å². The Morgan fingerprint density at radius 2 is 1.68 bits per heavy atom. The van der Waals surface area contributed by atoms with E-state index in [4.69, 9.17) is 9.47 Å². The summed E-state index contributed by atoms with van der Waals surface area (Å²) < 4.78 is 41.7. The third-order valence-corrected chi connectivity index (χ3v) is 10.9. The first-order chi connectivity index (χ1) is 24.3. The van der Waals surface area contributed by atoms with E-state index in [1.54, 1.807) is 18.2 Å². The summed E-state index contributed by atoms with van der Waals surface area (Å²) in [6.07, 6.45) is 8.04. The lowest BCUT2D eigenvalue weighted by atomic mass is 9.94. The summed E-state index contributed by atoms with van der Waals surface area (Å²) in [5.41, 5.74) is 0.948. The lowest BCUT2D eigenvalue weighted by Crippen LogP contribution is -2.48. The number of imide groups is 1. The number of ether oxygens (including phenoxy) is 2. The number of hydrogen-bond acceptors (Lipinski definition) is 9. The minimum atomic E-state index is -0.622. The van der Waals surface area contributed by atoms with Gasteiger partial charge in [-0.1, -0.05) is 0 Å². The van der Waals surface area contributed by atoms with Gasteiger partial charge in [-0.3, -0.25) is 19.7 Å². The Bertz CT molecular complexity index is 1750. The molecule has 1 atom stereocenters. The largest absolute Gasteiger partial charge is 0.493 e. The van der Waals surface area contributed by atoms with Crippen molar-refractivity contribution in [1.29, 1.82) is 0 Å². The number of hydrogen-bond donors (Lipinski definition) is 3. The van der Waals surface area contributed by atoms with Crippen molar-refractivity contribution in [3.05, 3.63) is 58.1 Å². The Labute approximate surface area is 290 Å². The Kier molecular flexibility index (Phi) is 10.6. The number of fused-ring (bicyclic) bond motifs is 1. The maximum atomic E-state index is 15.2. The highest BCUT2D eigenvalue weighted by Gasteiger charge is 2.30. The minimum Gasteiger partial charge on any atom is -0.493 e. The molecule has 13 heteroatoms. The summed E-state index contributed by atoms with van der Waals surface area (Å²) in [6.45, 7) is 5.43. The van der Waals surface area contributed by atoms with Gasteiger partial charge in [-0.2, -0.15) is 0 Å². The quantitative estimate of drug-likeness (QED) is 0.263. The molecule has 1 aromatic heterocycles. The van der Waals surface area contributed by atoms with E-state index in [-0.39, 0.29) is 29.4 Å². The molecule has 0 spiro atoms. The summed E-state index contributed by atoms with van der Waals surface area (Å²) in [7, 11) is 0. The van der Waals surface area contributed by atoms with Gasteiger partial charge in [-0.25, -0.2) is 13.8 Å². The Morgan fingerprint density at radius 3 is 2.42 bits per heavy atom. The van der Waals surface area contributed by atoms with Gasteiger partial charge >= 0.3 is 0 Å². The molecule has 0 saturated carbocycles. The number of halogens is 2. The van der Waals surface area contributed by atoms with Gasteiger partial charge in [-0.15, -0.1) is 0 Å². The zero-order valence-electron chi connectivity index (χ0n) is 28.4. The van der Waals surface area contributed by atoms with Crippen LogP contribution in [-0.2, 0) is 20.7 Å². The minimum absolute atomic E-state index is 0.0342. The number of amides is 2. The number of nitrogens with zero attached hydrogens (tertiary/aromatic N) is 3. The molecular formula is C37H46F2N6O5. The van der Waals surface area contributed by atoms with Crippen LogP contribution in [-0.4, -0.2) is 84.8 Å². The molecule has 5 heterocycles. The van der Waals surface area contributed by atoms with Gasteiger partial charge in [0.1, 0.15) is 34.6 Å². The highest BCUT2D eigenvalue weighted by Crippen LogP contribution is 2.30. The third-order valence-electron chi connectivity index (χ3n) is 10.9. The first-order valence-electron chi connectivity index (χ1n) is 18.1. The molecule has 2 amide bonds. The lowest BCUT2D eigenvalue weighted by Gasteiger charge is -2.42. The van der Waals surface area contributed by atoms with Crippen molar-refractivity contribution < 1.29 is 27.8 Å². The first-order valence-corrected chi connectivity index (χ1v) is 18.1. The molecule has 3 N–H and O–H groups in total. The van der Waals surface area contributed by atoms with Crippen LogP contribution in [0.2, 0.25) is 0 Å². The fourth-order valence-corrected chi connectivity index (χ4v) is 7.88. The van der Waals surface area contributed by atoms with Crippen LogP contribution in [0.1, 0.15) is 63.6 Å². The van der Waals surface area contributed by atoms with Crippen LogP contribution < -0.4 is 25.8 Å². The number of anilines is 2. The molecule has 0 bridgehead atoms. The van der Waals surface area contributed by atoms with Gasteiger partial charge < -0.3 is 29.6 Å². The predicted molar refractivity (Wildman–Crippen MR) is 185 cm³/mol. The number of carbonyl (C=O) groups is 2. The SMILES string of the molecule is O=C1CCC(Nc2ccc(N3CCC(N4CCC(COc5cc(F)c6c(=O)[nH]c(CCC7CCOCC7)nc6c5)CC4)CC3)c(F)c2)C(=O)N1. The summed E-state index contributed by atoms with van der Waals surface area (Å²) >= 11 is 0. The molecule has 0 radical (unpaired) electrons. The predicted octanol–water partition coefficient (Wildman–Crippen LogP) is 4.54. The number of aromatic nitrogens is 2. The van der Waals surface area contributed by atoms with Crippen LogP contribution in [0.5, 0.6) is 5.75 Å². The molecule has 4 fully saturated rings. The van der Waals surface area contributed by atoms with Gasteiger partial charge in [0.15, 0.2) is 0 Å². The van der Waals surface area contributed by atoms with E-state index in [2.05, 4.69) is 30.4 Å². The molecule has 1 unspecified atom stereocenters. The standard InChI is InChI=1S/C37H46F2N6O5/c38-28-19-25(40-30-3-6-34(46)43-36(30)47)2-4-32(28)45-15-9-26(10-16-45)44-13-7-24(8-14-44)22-50-27-20-29(39)35-31(21-27)41-33(42-37(35)48)5-1-23-11-17-49-18-12-23/h2,4,19-21,23-24,26,30,40H,1,3,5-18,22H2,(H,41,42,48)(H,43,46,47). The number of aryl methyl sites for hydroxylation is 1. The second-order valence-corrected chi connectivity index (χ2v) is 14.2. The van der Waals surface area contributed by atoms with Crippen molar-refractivity contribution in [2.24, 2.45) is 11.8 Å². The van der Waals surface area contributed by atoms with E-state index in [9.17, 15) is 14.4 Å². The zero-order chi connectivity index (χ0) is 34.6. The molecule has 2 aromatic carbocycles. The van der Waals surface area contributed by atoms with E-state index in [1.807, 2.05) is 0 Å². The Balaban J connectivity index is 0.868. The summed E-state index contributed by atoms with van der Waals surface area (Å²) in [4.78, 5) is 48.2. The lowest BCUT2D eigenvalue weighted by molar-refractivity contribution is -0.133. The van der Waals surface area contributed by atoms with Crippen molar-refractivity contribution in [2.75, 3.05) is 56.2 Å². The molecule has 11 nitrogen and oxygen atoms in total. The first kappa shape index (κ1) is 34.4. The molecule has 268 valence electrons. The van der Waals surface area contributed by atoms with E-state index in [0.717, 1.165) is 84.3 Å². The second-order valence-electron chi connectivity index (χ2n) is 14.2. The second kappa shape index (κ2) is 15.4. The van der Waals surface area contributed by atoms with Crippen LogP contribution in [0.3, 0.4) is 0 Å². The number of benzene rings is 2. The summed E-state index contributed by atoms with van der Waals surface area (Å²) in [6, 6.07) is 7.82. The molecule has 50 heavy (non-hydrogen) atoms. The Hall–Kier alpha value is -4.10. The van der Waals surface area contributed by atoms with Gasteiger partial charge in [0.2, 0.25) is 11.8 Å². The number of carbonyl (C=O) groups excluding carboxylic acids is 2.